The van der Waals surface area contributed by atoms with Gasteiger partial charge >= 0.3 is 0 Å². The third kappa shape index (κ3) is 3.05. The van der Waals surface area contributed by atoms with Crippen LogP contribution in [0.4, 0.5) is 11.4 Å². The average Bonchev–Trinajstić information content (AvgIpc) is 2.39. The Morgan fingerprint density at radius 2 is 1.63 bits per heavy atom. The van der Waals surface area contributed by atoms with Crippen LogP contribution in [0.5, 0.6) is 0 Å². The van der Waals surface area contributed by atoms with Crippen LogP contribution in [0.25, 0.3) is 0 Å². The zero-order chi connectivity index (χ0) is 14.4. The first-order valence-corrected chi connectivity index (χ1v) is 6.44. The first kappa shape index (κ1) is 15.0. The first-order valence-electron chi connectivity index (χ1n) is 6.44. The van der Waals surface area contributed by atoms with Crippen molar-refractivity contribution in [3.05, 3.63) is 22.8 Å². The molecule has 0 aliphatic heterocycles. The highest BCUT2D eigenvalue weighted by atomic mass is 16.1. The number of rotatable bonds is 5. The van der Waals surface area contributed by atoms with Gasteiger partial charge < -0.3 is 0 Å². The summed E-state index contributed by atoms with van der Waals surface area (Å²) in [5.41, 5.74) is 3.97. The smallest absolute Gasteiger partial charge is 0.211 e. The number of isocyanates is 2. The summed E-state index contributed by atoms with van der Waals surface area (Å²) >= 11 is 0. The van der Waals surface area contributed by atoms with E-state index in [1.807, 2.05) is 33.8 Å². The molecule has 0 heterocycles. The molecule has 1 aromatic rings. The quantitative estimate of drug-likeness (QED) is 0.594. The predicted octanol–water partition coefficient (Wildman–Crippen LogP) is 3.87. The molecule has 0 aliphatic carbocycles. The molecule has 4 heteroatoms. The molecule has 0 radical (unpaired) electrons. The van der Waals surface area contributed by atoms with Crippen molar-refractivity contribution in [1.29, 1.82) is 0 Å². The molecule has 19 heavy (non-hydrogen) atoms. The molecule has 100 valence electrons. The molecule has 0 N–H and O–H groups in total. The van der Waals surface area contributed by atoms with E-state index in [-0.39, 0.29) is 5.92 Å². The van der Waals surface area contributed by atoms with Crippen LogP contribution >= 0.6 is 0 Å². The summed E-state index contributed by atoms with van der Waals surface area (Å²) in [5.74, 6) is 0.233. The van der Waals surface area contributed by atoms with Crippen LogP contribution in [0.3, 0.4) is 0 Å². The van der Waals surface area contributed by atoms with Crippen LogP contribution in [0.15, 0.2) is 16.1 Å². The summed E-state index contributed by atoms with van der Waals surface area (Å²) in [7, 11) is 0. The topological polar surface area (TPSA) is 58.9 Å². The van der Waals surface area contributed by atoms with Crippen molar-refractivity contribution >= 4 is 23.5 Å². The lowest BCUT2D eigenvalue weighted by Gasteiger charge is -2.17. The largest absolute Gasteiger partial charge is 0.240 e. The van der Waals surface area contributed by atoms with Crippen LogP contribution in [0.1, 0.15) is 50.3 Å². The summed E-state index contributed by atoms with van der Waals surface area (Å²) < 4.78 is 0. The van der Waals surface area contributed by atoms with E-state index in [4.69, 9.17) is 0 Å². The van der Waals surface area contributed by atoms with Gasteiger partial charge in [0.1, 0.15) is 0 Å². The minimum atomic E-state index is 0.233. The molecule has 0 aromatic heterocycles. The summed E-state index contributed by atoms with van der Waals surface area (Å²) in [6.07, 6.45) is 4.59. The standard InChI is InChI=1S/C15H18N2O2/c1-5-11-7-13(10(3)4)15(17-9-19)12(6-2)14(11)16-8-18/h7,10H,5-6H2,1-4H3. The zero-order valence-electron chi connectivity index (χ0n) is 11.8. The van der Waals surface area contributed by atoms with E-state index in [2.05, 4.69) is 9.98 Å². The number of hydrogen-bond acceptors (Lipinski definition) is 4. The highest BCUT2D eigenvalue weighted by molar-refractivity contribution is 5.72. The molecular formula is C15H18N2O2. The van der Waals surface area contributed by atoms with Crippen LogP contribution in [0.2, 0.25) is 0 Å². The molecule has 0 atom stereocenters. The molecule has 1 rings (SSSR count). The normalized spacial score (nSPS) is 9.95. The van der Waals surface area contributed by atoms with Crippen molar-refractivity contribution in [2.75, 3.05) is 0 Å². The van der Waals surface area contributed by atoms with E-state index in [1.54, 1.807) is 12.2 Å². The Morgan fingerprint density at radius 1 is 1.05 bits per heavy atom. The Kier molecular flexibility index (Phi) is 5.37. The van der Waals surface area contributed by atoms with E-state index in [9.17, 15) is 9.59 Å². The van der Waals surface area contributed by atoms with Gasteiger partial charge in [-0.2, -0.15) is 9.98 Å². The fourth-order valence-electron chi connectivity index (χ4n) is 2.21. The minimum absolute atomic E-state index is 0.233. The van der Waals surface area contributed by atoms with Gasteiger partial charge in [-0.1, -0.05) is 33.8 Å². The van der Waals surface area contributed by atoms with Gasteiger partial charge in [-0.15, -0.1) is 0 Å². The zero-order valence-corrected chi connectivity index (χ0v) is 11.8. The molecular weight excluding hydrogens is 240 g/mol. The maximum atomic E-state index is 10.6. The Bertz CT molecular complexity index is 564. The molecule has 0 aliphatic rings. The highest BCUT2D eigenvalue weighted by Crippen LogP contribution is 2.39. The molecule has 4 nitrogen and oxygen atoms in total. The second kappa shape index (κ2) is 6.79. The van der Waals surface area contributed by atoms with Gasteiger partial charge in [-0.25, -0.2) is 9.59 Å². The third-order valence-electron chi connectivity index (χ3n) is 3.15. The van der Waals surface area contributed by atoms with Crippen molar-refractivity contribution in [3.63, 3.8) is 0 Å². The van der Waals surface area contributed by atoms with Crippen LogP contribution in [-0.4, -0.2) is 12.2 Å². The van der Waals surface area contributed by atoms with Crippen molar-refractivity contribution < 1.29 is 9.59 Å². The summed E-state index contributed by atoms with van der Waals surface area (Å²) in [5, 5.41) is 0. The highest BCUT2D eigenvalue weighted by Gasteiger charge is 2.17. The monoisotopic (exact) mass is 258 g/mol. The molecule has 0 amide bonds. The average molecular weight is 258 g/mol. The number of aryl methyl sites for hydroxylation is 1. The summed E-state index contributed by atoms with van der Waals surface area (Å²) in [4.78, 5) is 28.9. The number of aliphatic imine (C=N–C) groups is 2. The molecule has 0 saturated carbocycles. The van der Waals surface area contributed by atoms with Gasteiger partial charge in [0.2, 0.25) is 12.2 Å². The fraction of sp³-hybridized carbons (Fsp3) is 0.467. The molecule has 0 fully saturated rings. The summed E-state index contributed by atoms with van der Waals surface area (Å²) in [6, 6.07) is 1.97. The van der Waals surface area contributed by atoms with Crippen molar-refractivity contribution in [2.24, 2.45) is 9.98 Å². The van der Waals surface area contributed by atoms with Crippen molar-refractivity contribution in [3.8, 4) is 0 Å². The Balaban J connectivity index is 3.80. The number of benzene rings is 1. The van der Waals surface area contributed by atoms with E-state index in [0.29, 0.717) is 17.8 Å². The second-order valence-electron chi connectivity index (χ2n) is 4.57. The van der Waals surface area contributed by atoms with Gasteiger partial charge in [-0.05, 0) is 29.9 Å². The van der Waals surface area contributed by atoms with Crippen LogP contribution in [-0.2, 0) is 22.4 Å². The maximum absolute atomic E-state index is 10.6. The molecule has 0 saturated heterocycles. The van der Waals surface area contributed by atoms with E-state index in [0.717, 1.165) is 23.1 Å². The Hall–Kier alpha value is -2.02. The molecule has 1 aromatic carbocycles. The minimum Gasteiger partial charge on any atom is -0.211 e. The van der Waals surface area contributed by atoms with Crippen molar-refractivity contribution in [1.82, 2.24) is 0 Å². The van der Waals surface area contributed by atoms with Gasteiger partial charge in [0, 0.05) is 5.56 Å². The van der Waals surface area contributed by atoms with Crippen LogP contribution in [0, 0.1) is 0 Å². The lowest BCUT2D eigenvalue weighted by atomic mass is 9.91. The Morgan fingerprint density at radius 3 is 2.05 bits per heavy atom. The Labute approximate surface area is 113 Å². The van der Waals surface area contributed by atoms with E-state index < -0.39 is 0 Å². The number of nitrogens with zero attached hydrogens (tertiary/aromatic N) is 2. The SMILES string of the molecule is CCc1cc(C(C)C)c(N=C=O)c(CC)c1N=C=O. The fourth-order valence-corrected chi connectivity index (χ4v) is 2.21. The molecule has 0 spiro atoms. The lowest BCUT2D eigenvalue weighted by Crippen LogP contribution is -1.98. The van der Waals surface area contributed by atoms with E-state index in [1.165, 1.54) is 0 Å². The molecule has 0 unspecified atom stereocenters. The second-order valence-corrected chi connectivity index (χ2v) is 4.57. The lowest BCUT2D eigenvalue weighted by molar-refractivity contribution is 0.564. The predicted molar refractivity (Wildman–Crippen MR) is 74.9 cm³/mol. The maximum Gasteiger partial charge on any atom is 0.240 e. The van der Waals surface area contributed by atoms with Gasteiger partial charge in [0.15, 0.2) is 0 Å². The first-order chi connectivity index (χ1) is 9.10. The van der Waals surface area contributed by atoms with Crippen molar-refractivity contribution in [2.45, 2.75) is 46.5 Å². The number of hydrogen-bond donors (Lipinski definition) is 0. The van der Waals surface area contributed by atoms with Gasteiger partial charge in [-0.3, -0.25) is 0 Å². The van der Waals surface area contributed by atoms with E-state index >= 15 is 0 Å². The summed E-state index contributed by atoms with van der Waals surface area (Å²) in [6.45, 7) is 8.04. The number of carbonyl (C=O) groups excluding carboxylic acids is 2. The van der Waals surface area contributed by atoms with Crippen LogP contribution < -0.4 is 0 Å². The van der Waals surface area contributed by atoms with Gasteiger partial charge in [0.25, 0.3) is 0 Å². The van der Waals surface area contributed by atoms with Gasteiger partial charge in [0.05, 0.1) is 11.4 Å². The molecule has 0 bridgehead atoms. The third-order valence-corrected chi connectivity index (χ3v) is 3.15.